The highest BCUT2D eigenvalue weighted by Crippen LogP contribution is 2.28. The second-order valence-electron chi connectivity index (χ2n) is 8.10. The number of amides is 1. The molecule has 0 radical (unpaired) electrons. The number of aliphatic hydroxyl groups is 1. The molecule has 8 nitrogen and oxygen atoms in total. The molecule has 3 N–H and O–H groups in total. The molecule has 0 saturated carbocycles. The van der Waals surface area contributed by atoms with Gasteiger partial charge in [0.1, 0.15) is 17.4 Å². The van der Waals surface area contributed by atoms with Crippen LogP contribution in [0.25, 0.3) is 21.5 Å². The smallest absolute Gasteiger partial charge is 0.258 e. The molecule has 2 aromatic heterocycles. The lowest BCUT2D eigenvalue weighted by Gasteiger charge is -2.17. The number of aromatic nitrogens is 3. The number of ether oxygens (including phenoxy) is 1. The number of benzene rings is 2. The van der Waals surface area contributed by atoms with Gasteiger partial charge in [-0.2, -0.15) is 0 Å². The number of aryl methyl sites for hydroxylation is 1. The van der Waals surface area contributed by atoms with Crippen molar-refractivity contribution in [3.63, 3.8) is 0 Å². The van der Waals surface area contributed by atoms with Crippen LogP contribution in [0, 0.1) is 6.92 Å². The summed E-state index contributed by atoms with van der Waals surface area (Å²) in [6.07, 6.45) is -0.597. The summed E-state index contributed by atoms with van der Waals surface area (Å²) in [6, 6.07) is 15.6. The first-order valence-corrected chi connectivity index (χ1v) is 11.9. The van der Waals surface area contributed by atoms with Gasteiger partial charge in [-0.3, -0.25) is 4.79 Å². The van der Waals surface area contributed by atoms with Crippen molar-refractivity contribution < 1.29 is 14.6 Å². The fourth-order valence-corrected chi connectivity index (χ4v) is 4.16. The third-order valence-corrected chi connectivity index (χ3v) is 5.94. The third-order valence-electron chi connectivity index (χ3n) is 5.15. The first kappa shape index (κ1) is 23.6. The van der Waals surface area contributed by atoms with E-state index in [1.165, 1.54) is 0 Å². The Morgan fingerprint density at radius 3 is 2.82 bits per heavy atom. The average Bonchev–Trinajstić information content (AvgIpc) is 3.29. The van der Waals surface area contributed by atoms with Gasteiger partial charge in [0.05, 0.1) is 33.6 Å². The maximum absolute atomic E-state index is 11.8. The number of anilines is 1. The Kier molecular flexibility index (Phi) is 7.34. The molecule has 0 spiro atoms. The summed E-state index contributed by atoms with van der Waals surface area (Å²) < 4.78 is 6.73. The van der Waals surface area contributed by atoms with Crippen LogP contribution in [0.1, 0.15) is 31.3 Å². The largest absolute Gasteiger partial charge is 0.484 e. The summed E-state index contributed by atoms with van der Waals surface area (Å²) in [5.41, 5.74) is 5.67. The van der Waals surface area contributed by atoms with Crippen molar-refractivity contribution >= 4 is 33.3 Å². The monoisotopic (exact) mass is 477 g/mol. The minimum absolute atomic E-state index is 0.0567. The van der Waals surface area contributed by atoms with Crippen LogP contribution >= 0.6 is 11.3 Å². The van der Waals surface area contributed by atoms with Gasteiger partial charge in [-0.15, -0.1) is 11.3 Å². The quantitative estimate of drug-likeness (QED) is 0.333. The molecule has 0 aliphatic rings. The van der Waals surface area contributed by atoms with Gasteiger partial charge in [0.2, 0.25) is 0 Å². The lowest BCUT2D eigenvalue weighted by molar-refractivity contribution is -0.123. The van der Waals surface area contributed by atoms with Crippen LogP contribution in [0.5, 0.6) is 5.75 Å². The molecule has 0 aliphatic heterocycles. The molecule has 176 valence electrons. The average molecular weight is 478 g/mol. The summed E-state index contributed by atoms with van der Waals surface area (Å²) in [5.74, 6) is 1.72. The highest BCUT2D eigenvalue weighted by atomic mass is 32.1. The molecule has 0 saturated heterocycles. The lowest BCUT2D eigenvalue weighted by Crippen LogP contribution is -2.34. The van der Waals surface area contributed by atoms with Crippen LogP contribution in [0.2, 0.25) is 0 Å². The molecule has 0 fully saturated rings. The number of carbonyl (C=O) groups is 1. The van der Waals surface area contributed by atoms with E-state index < -0.39 is 6.10 Å². The van der Waals surface area contributed by atoms with Crippen molar-refractivity contribution in [2.45, 2.75) is 32.9 Å². The first-order valence-electron chi connectivity index (χ1n) is 11.0. The molecule has 9 heteroatoms. The van der Waals surface area contributed by atoms with Crippen LogP contribution in [-0.4, -0.2) is 45.2 Å². The van der Waals surface area contributed by atoms with E-state index in [2.05, 4.69) is 31.7 Å². The Balaban J connectivity index is 1.45. The number of nitrogens with one attached hydrogen (secondary N) is 2. The number of carbonyl (C=O) groups excluding carboxylic acids is 1. The minimum Gasteiger partial charge on any atom is -0.484 e. The van der Waals surface area contributed by atoms with Crippen LogP contribution in [0.15, 0.2) is 54.0 Å². The highest BCUT2D eigenvalue weighted by Gasteiger charge is 2.12. The van der Waals surface area contributed by atoms with Gasteiger partial charge in [-0.25, -0.2) is 15.0 Å². The molecule has 0 bridgehead atoms. The minimum atomic E-state index is -0.597. The summed E-state index contributed by atoms with van der Waals surface area (Å²) in [7, 11) is 0. The van der Waals surface area contributed by atoms with Crippen molar-refractivity contribution in [1.82, 2.24) is 20.3 Å². The molecule has 2 atom stereocenters. The Labute approximate surface area is 202 Å². The van der Waals surface area contributed by atoms with Gasteiger partial charge < -0.3 is 20.5 Å². The van der Waals surface area contributed by atoms with Crippen LogP contribution < -0.4 is 15.4 Å². The molecule has 4 rings (SSSR count). The molecular formula is C25H27N5O3S. The van der Waals surface area contributed by atoms with E-state index >= 15 is 0 Å². The van der Waals surface area contributed by atoms with E-state index in [9.17, 15) is 9.90 Å². The Bertz CT molecular complexity index is 1290. The molecule has 2 unspecified atom stereocenters. The maximum Gasteiger partial charge on any atom is 0.258 e. The van der Waals surface area contributed by atoms with E-state index in [-0.39, 0.29) is 25.1 Å². The number of rotatable bonds is 9. The lowest BCUT2D eigenvalue weighted by atomic mass is 10.1. The fraction of sp³-hybridized carbons (Fsp3) is 0.280. The predicted octanol–water partition coefficient (Wildman–Crippen LogP) is 4.11. The molecule has 2 heterocycles. The van der Waals surface area contributed by atoms with E-state index in [0.29, 0.717) is 11.6 Å². The summed E-state index contributed by atoms with van der Waals surface area (Å²) in [6.45, 7) is 5.61. The van der Waals surface area contributed by atoms with E-state index in [1.807, 2.05) is 55.8 Å². The zero-order chi connectivity index (χ0) is 24.1. The normalized spacial score (nSPS) is 12.8. The topological polar surface area (TPSA) is 109 Å². The number of aliphatic hydroxyl groups excluding tert-OH is 1. The van der Waals surface area contributed by atoms with E-state index in [4.69, 9.17) is 4.74 Å². The Morgan fingerprint density at radius 1 is 1.15 bits per heavy atom. The van der Waals surface area contributed by atoms with Crippen molar-refractivity contribution in [1.29, 1.82) is 0 Å². The van der Waals surface area contributed by atoms with Gasteiger partial charge in [-0.05, 0) is 50.6 Å². The van der Waals surface area contributed by atoms with Gasteiger partial charge >= 0.3 is 0 Å². The SMILES string of the molecule is Cc1nc(NC(C)c2cccc(OCC(=O)NCC(C)O)c2)cc(-c2ccc3ncsc3c2)n1. The van der Waals surface area contributed by atoms with Gasteiger partial charge in [-0.1, -0.05) is 18.2 Å². The van der Waals surface area contributed by atoms with Gasteiger partial charge in [0.25, 0.3) is 5.91 Å². The zero-order valence-electron chi connectivity index (χ0n) is 19.3. The molecule has 1 amide bonds. The summed E-state index contributed by atoms with van der Waals surface area (Å²) in [5, 5.41) is 15.3. The number of hydrogen-bond acceptors (Lipinski definition) is 8. The maximum atomic E-state index is 11.8. The molecule has 4 aromatic rings. The van der Waals surface area contributed by atoms with Crippen molar-refractivity contribution in [2.24, 2.45) is 0 Å². The number of fused-ring (bicyclic) bond motifs is 1. The second kappa shape index (κ2) is 10.6. The summed E-state index contributed by atoms with van der Waals surface area (Å²) in [4.78, 5) is 25.4. The molecular weight excluding hydrogens is 450 g/mol. The molecule has 2 aromatic carbocycles. The van der Waals surface area contributed by atoms with Crippen LogP contribution in [0.4, 0.5) is 5.82 Å². The predicted molar refractivity (Wildman–Crippen MR) is 134 cm³/mol. The van der Waals surface area contributed by atoms with Crippen LogP contribution in [-0.2, 0) is 4.79 Å². The second-order valence-corrected chi connectivity index (χ2v) is 8.99. The highest BCUT2D eigenvalue weighted by molar-refractivity contribution is 7.16. The fourth-order valence-electron chi connectivity index (χ4n) is 3.44. The van der Waals surface area contributed by atoms with Crippen molar-refractivity contribution in [3.05, 3.63) is 65.4 Å². The third kappa shape index (κ3) is 6.06. The zero-order valence-corrected chi connectivity index (χ0v) is 20.1. The standard InChI is InChI=1S/C25H27N5O3S/c1-15(31)12-26-25(32)13-33-20-6-4-5-18(9-20)16(2)28-24-11-22(29-17(3)30-24)19-7-8-21-23(10-19)34-14-27-21/h4-11,14-16,31H,12-13H2,1-3H3,(H,26,32)(H,28,29,30). The van der Waals surface area contributed by atoms with Crippen molar-refractivity contribution in [2.75, 3.05) is 18.5 Å². The van der Waals surface area contributed by atoms with Crippen molar-refractivity contribution in [3.8, 4) is 17.0 Å². The Hall–Kier alpha value is -3.56. The number of hydrogen-bond donors (Lipinski definition) is 3. The molecule has 34 heavy (non-hydrogen) atoms. The Morgan fingerprint density at radius 2 is 2.00 bits per heavy atom. The van der Waals surface area contributed by atoms with Gasteiger partial charge in [0.15, 0.2) is 6.61 Å². The van der Waals surface area contributed by atoms with E-state index in [1.54, 1.807) is 24.3 Å². The number of nitrogens with zero attached hydrogens (tertiary/aromatic N) is 3. The summed E-state index contributed by atoms with van der Waals surface area (Å²) >= 11 is 1.61. The first-order chi connectivity index (χ1) is 16.4. The van der Waals surface area contributed by atoms with Gasteiger partial charge in [0, 0.05) is 18.2 Å². The number of thiazole rings is 1. The van der Waals surface area contributed by atoms with Crippen LogP contribution in [0.3, 0.4) is 0 Å². The van der Waals surface area contributed by atoms with E-state index in [0.717, 1.165) is 32.9 Å². The molecule has 0 aliphatic carbocycles.